The van der Waals surface area contributed by atoms with Crippen molar-refractivity contribution in [2.75, 3.05) is 0 Å². The van der Waals surface area contributed by atoms with Gasteiger partial charge >= 0.3 is 0 Å². The van der Waals surface area contributed by atoms with Crippen LogP contribution in [-0.4, -0.2) is 18.8 Å². The molecule has 6 aliphatic carbocycles. The molecule has 0 amide bonds. The number of aromatic nitrogens is 4. The molecule has 6 heterocycles. The van der Waals surface area contributed by atoms with Gasteiger partial charge < -0.3 is 8.80 Å². The van der Waals surface area contributed by atoms with Gasteiger partial charge in [-0.2, -0.15) is 0 Å². The van der Waals surface area contributed by atoms with Gasteiger partial charge in [-0.05, 0) is 138 Å². The maximum absolute atomic E-state index is 5.82. The van der Waals surface area contributed by atoms with Crippen molar-refractivity contribution in [3.63, 3.8) is 0 Å². The number of rotatable bonds is 2. The van der Waals surface area contributed by atoms with Crippen molar-refractivity contribution in [3.8, 4) is 22.3 Å². The van der Waals surface area contributed by atoms with Gasteiger partial charge in [0.2, 0.25) is 0 Å². The Labute approximate surface area is 404 Å². The molecule has 0 N–H and O–H groups in total. The van der Waals surface area contributed by atoms with Crippen LogP contribution in [0.25, 0.3) is 98.4 Å². The molecule has 17 rings (SSSR count). The zero-order valence-electron chi connectivity index (χ0n) is 41.4. The third-order valence-electron chi connectivity index (χ3n) is 19.5. The summed E-state index contributed by atoms with van der Waals surface area (Å²) in [6, 6.07) is 33.5. The minimum absolute atomic E-state index is 0.0544. The van der Waals surface area contributed by atoms with Crippen molar-refractivity contribution in [2.45, 2.75) is 159 Å². The molecule has 11 aromatic rings. The summed E-state index contributed by atoms with van der Waals surface area (Å²) in [6.45, 7) is 14.5. The number of nitrogens with zero attached hydrogens (tertiary/aromatic N) is 4. The van der Waals surface area contributed by atoms with Crippen LogP contribution in [0, 0.1) is 0 Å². The van der Waals surface area contributed by atoms with Gasteiger partial charge in [-0.1, -0.05) is 128 Å². The first-order valence-electron chi connectivity index (χ1n) is 26.8. The van der Waals surface area contributed by atoms with Gasteiger partial charge in [0.1, 0.15) is 0 Å². The van der Waals surface area contributed by atoms with Crippen molar-refractivity contribution in [1.82, 2.24) is 18.8 Å². The zero-order valence-corrected chi connectivity index (χ0v) is 41.4. The predicted molar refractivity (Wildman–Crippen MR) is 288 cm³/mol. The summed E-state index contributed by atoms with van der Waals surface area (Å²) in [7, 11) is 0. The van der Waals surface area contributed by atoms with Gasteiger partial charge in [-0.25, -0.2) is 0 Å². The highest BCUT2D eigenvalue weighted by Gasteiger charge is 2.56. The van der Waals surface area contributed by atoms with E-state index >= 15 is 0 Å². The Balaban J connectivity index is 1.20. The Kier molecular flexibility index (Phi) is 7.52. The highest BCUT2D eigenvalue weighted by Crippen LogP contribution is 2.65. The highest BCUT2D eigenvalue weighted by atomic mass is 15.0. The summed E-state index contributed by atoms with van der Waals surface area (Å²) in [5, 5.41) is 11.3. The summed E-state index contributed by atoms with van der Waals surface area (Å²) in [5.41, 5.74) is 22.4. The second kappa shape index (κ2) is 13.0. The van der Waals surface area contributed by atoms with Crippen molar-refractivity contribution in [3.05, 3.63) is 131 Å². The molecule has 4 nitrogen and oxygen atoms in total. The van der Waals surface area contributed by atoms with E-state index in [9.17, 15) is 0 Å². The van der Waals surface area contributed by atoms with Crippen LogP contribution in [0.15, 0.2) is 97.3 Å². The summed E-state index contributed by atoms with van der Waals surface area (Å²) >= 11 is 0. The maximum atomic E-state index is 5.82. The summed E-state index contributed by atoms with van der Waals surface area (Å²) in [6.07, 6.45) is 21.6. The molecular weight excluding hydrogens is 837 g/mol. The average molecular weight is 899 g/mol. The Morgan fingerprint density at radius 2 is 0.942 bits per heavy atom. The number of hydrogen-bond acceptors (Lipinski definition) is 2. The van der Waals surface area contributed by atoms with Crippen LogP contribution < -0.4 is 0 Å². The van der Waals surface area contributed by atoms with Crippen molar-refractivity contribution < 1.29 is 0 Å². The van der Waals surface area contributed by atoms with Crippen LogP contribution in [0.3, 0.4) is 0 Å². The van der Waals surface area contributed by atoms with Crippen LogP contribution in [0.2, 0.25) is 0 Å². The van der Waals surface area contributed by atoms with Gasteiger partial charge in [0, 0.05) is 71.2 Å². The predicted octanol–water partition coefficient (Wildman–Crippen LogP) is 17.5. The van der Waals surface area contributed by atoms with Crippen LogP contribution in [0.5, 0.6) is 0 Å². The quantitative estimate of drug-likeness (QED) is 0.173. The highest BCUT2D eigenvalue weighted by molar-refractivity contribution is 6.38. The Morgan fingerprint density at radius 3 is 1.46 bits per heavy atom. The molecule has 6 aliphatic rings. The van der Waals surface area contributed by atoms with Gasteiger partial charge in [-0.3, -0.25) is 9.97 Å². The first kappa shape index (κ1) is 39.8. The normalized spacial score (nSPS) is 21.0. The lowest BCUT2D eigenvalue weighted by molar-refractivity contribution is 0.321. The molecule has 0 aliphatic heterocycles. The van der Waals surface area contributed by atoms with E-state index in [0.29, 0.717) is 11.8 Å². The summed E-state index contributed by atoms with van der Waals surface area (Å²) in [5.74, 6) is 1.15. The Morgan fingerprint density at radius 1 is 0.493 bits per heavy atom. The summed E-state index contributed by atoms with van der Waals surface area (Å²) in [4.78, 5) is 11.4. The van der Waals surface area contributed by atoms with Gasteiger partial charge in [0.15, 0.2) is 0 Å². The second-order valence-corrected chi connectivity index (χ2v) is 25.2. The Bertz CT molecular complexity index is 4000. The molecule has 6 aromatic heterocycles. The lowest BCUT2D eigenvalue weighted by Crippen LogP contribution is -2.24. The van der Waals surface area contributed by atoms with Crippen LogP contribution in [0.1, 0.15) is 170 Å². The molecular formula is C65H62N4. The monoisotopic (exact) mass is 898 g/mol. The lowest BCUT2D eigenvalue weighted by Gasteiger charge is -2.37. The van der Waals surface area contributed by atoms with E-state index in [1.807, 2.05) is 0 Å². The zero-order chi connectivity index (χ0) is 46.1. The van der Waals surface area contributed by atoms with Crippen molar-refractivity contribution in [2.24, 2.45) is 0 Å². The first-order chi connectivity index (χ1) is 33.4. The van der Waals surface area contributed by atoms with Gasteiger partial charge in [-0.15, -0.1) is 0 Å². The maximum Gasteiger partial charge on any atom is 0.0728 e. The third kappa shape index (κ3) is 4.87. The van der Waals surface area contributed by atoms with E-state index in [1.54, 1.807) is 11.1 Å². The molecule has 3 saturated carbocycles. The number of benzene rings is 5. The molecule has 0 radical (unpaired) electrons. The number of fused-ring (bicyclic) bond motifs is 18. The molecule has 0 atom stereocenters. The largest absolute Gasteiger partial charge is 0.306 e. The fraction of sp³-hybridized carbons (Fsp3) is 0.385. The van der Waals surface area contributed by atoms with E-state index in [-0.39, 0.29) is 21.7 Å². The van der Waals surface area contributed by atoms with Crippen LogP contribution >= 0.6 is 0 Å². The molecule has 3 fully saturated rings. The lowest BCUT2D eigenvalue weighted by atomic mass is 9.68. The van der Waals surface area contributed by atoms with E-state index in [0.717, 1.165) is 0 Å². The smallest absolute Gasteiger partial charge is 0.0728 e. The SMILES string of the molecule is CC(C)(C)c1cc2c3c4c(ncc3n3c5c(-c6ccccc6)c6c7cc(C(C)(C)C)cc8c9c%10c(ncc9n(c6c(-c6ccccc6)c5c(c1)c23)c87)C1(CCCC1)CC%101CCCC1)C1CCC4CC1. The molecule has 2 bridgehead atoms. The number of hydrogen-bond donors (Lipinski definition) is 0. The summed E-state index contributed by atoms with van der Waals surface area (Å²) < 4.78 is 5.49. The molecule has 0 unspecified atom stereocenters. The van der Waals surface area contributed by atoms with Gasteiger partial charge in [0.05, 0.1) is 51.2 Å². The fourth-order valence-corrected chi connectivity index (χ4v) is 16.6. The van der Waals surface area contributed by atoms with E-state index in [1.165, 1.54) is 204 Å². The molecule has 342 valence electrons. The molecule has 0 saturated heterocycles. The first-order valence-corrected chi connectivity index (χ1v) is 26.8. The molecule has 5 aromatic carbocycles. The minimum Gasteiger partial charge on any atom is -0.306 e. The van der Waals surface area contributed by atoms with E-state index < -0.39 is 0 Å². The van der Waals surface area contributed by atoms with E-state index in [2.05, 4.69) is 148 Å². The second-order valence-electron chi connectivity index (χ2n) is 25.2. The number of pyridine rings is 2. The third-order valence-corrected chi connectivity index (χ3v) is 19.5. The minimum atomic E-state index is -0.0613. The molecule has 2 spiro atoms. The average Bonchev–Trinajstić information content (AvgIpc) is 4.25. The van der Waals surface area contributed by atoms with E-state index in [4.69, 9.17) is 9.97 Å². The van der Waals surface area contributed by atoms with Crippen molar-refractivity contribution in [1.29, 1.82) is 0 Å². The van der Waals surface area contributed by atoms with Gasteiger partial charge in [0.25, 0.3) is 0 Å². The standard InChI is InChI=1S/C65H62N4/c1-62(2,3)40-29-42-51-46(33-66-56-39-23-21-38(22-24-39)48(51)56)68-57(42)44(31-40)53-50(37-19-11-8-12-20-37)60-54(49(59(53)68)36-17-9-7-10-18-36)45-32-41(63(4,5)6)30-43-52-47(69(60)58(43)45)34-67-61-55(52)64(25-13-14-26-64)35-65(61)27-15-16-28-65/h7-12,17-20,29-34,38-39H,13-16,21-28,35H2,1-6H3. The van der Waals surface area contributed by atoms with Crippen LogP contribution in [0.4, 0.5) is 0 Å². The van der Waals surface area contributed by atoms with Crippen molar-refractivity contribution >= 4 is 76.2 Å². The van der Waals surface area contributed by atoms with Crippen LogP contribution in [-0.2, 0) is 21.7 Å². The molecule has 4 heteroatoms. The molecule has 69 heavy (non-hydrogen) atoms. The topological polar surface area (TPSA) is 34.6 Å². The fourth-order valence-electron chi connectivity index (χ4n) is 16.6. The Hall–Kier alpha value is -6.00.